The molecule has 4 aromatic rings. The number of imidazole rings is 1. The molecule has 0 spiro atoms. The Hall–Kier alpha value is -3.41. The summed E-state index contributed by atoms with van der Waals surface area (Å²) in [5.41, 5.74) is 2.63. The smallest absolute Gasteiger partial charge is 0.232 e. The fourth-order valence-electron chi connectivity index (χ4n) is 4.71. The summed E-state index contributed by atoms with van der Waals surface area (Å²) in [6.45, 7) is 5.12. The maximum atomic E-state index is 13.7. The molecule has 3 N–H and O–H groups in total. The van der Waals surface area contributed by atoms with E-state index in [1.54, 1.807) is 10.6 Å². The second kappa shape index (κ2) is 12.0. The summed E-state index contributed by atoms with van der Waals surface area (Å²) >= 11 is 0. The number of ketones is 1. The SMILES string of the molecule is Br.CC(C)(C)c1cc(C(=O)Cn2c(=N)n(Cc3ccccc3)c3ccccc32)cc(N(CCO)S(C)(=O)=O)c1O. The van der Waals surface area contributed by atoms with Crippen molar-refractivity contribution in [2.75, 3.05) is 23.7 Å². The van der Waals surface area contributed by atoms with Gasteiger partial charge in [0.15, 0.2) is 5.78 Å². The molecule has 1 aromatic heterocycles. The molecule has 0 unspecified atom stereocenters. The molecule has 0 bridgehead atoms. The molecule has 0 saturated carbocycles. The second-order valence-corrected chi connectivity index (χ2v) is 12.5. The highest BCUT2D eigenvalue weighted by molar-refractivity contribution is 8.93. The van der Waals surface area contributed by atoms with E-state index < -0.39 is 22.0 Å². The summed E-state index contributed by atoms with van der Waals surface area (Å²) in [7, 11) is -3.86. The highest BCUT2D eigenvalue weighted by atomic mass is 79.9. The Bertz CT molecular complexity index is 1690. The number of carbonyl (C=O) groups is 1. The van der Waals surface area contributed by atoms with Gasteiger partial charge in [-0.1, -0.05) is 63.2 Å². The third-order valence-electron chi connectivity index (χ3n) is 6.65. The molecule has 9 nitrogen and oxygen atoms in total. The van der Waals surface area contributed by atoms with E-state index in [1.165, 1.54) is 6.07 Å². The number of phenols is 1. The lowest BCUT2D eigenvalue weighted by Gasteiger charge is -2.28. The van der Waals surface area contributed by atoms with Crippen LogP contribution >= 0.6 is 17.0 Å². The maximum absolute atomic E-state index is 13.7. The number of nitrogens with one attached hydrogen (secondary N) is 1. The number of fused-ring (bicyclic) bond motifs is 1. The van der Waals surface area contributed by atoms with Gasteiger partial charge in [0.25, 0.3) is 0 Å². The Kier molecular flexibility index (Phi) is 9.33. The van der Waals surface area contributed by atoms with Gasteiger partial charge < -0.3 is 19.3 Å². The summed E-state index contributed by atoms with van der Waals surface area (Å²) in [4.78, 5) is 13.7. The van der Waals surface area contributed by atoms with Crippen LogP contribution in [0.5, 0.6) is 5.75 Å². The van der Waals surface area contributed by atoms with Crippen molar-refractivity contribution in [1.82, 2.24) is 9.13 Å². The van der Waals surface area contributed by atoms with Crippen molar-refractivity contribution in [1.29, 1.82) is 5.41 Å². The van der Waals surface area contributed by atoms with Crippen LogP contribution in [0, 0.1) is 5.41 Å². The van der Waals surface area contributed by atoms with Crippen LogP contribution < -0.4 is 9.92 Å². The highest BCUT2D eigenvalue weighted by Gasteiger charge is 2.28. The first-order valence-corrected chi connectivity index (χ1v) is 14.4. The molecule has 0 saturated heterocycles. The van der Waals surface area contributed by atoms with Gasteiger partial charge in [-0.15, -0.1) is 17.0 Å². The maximum Gasteiger partial charge on any atom is 0.232 e. The zero-order chi connectivity index (χ0) is 28.5. The van der Waals surface area contributed by atoms with E-state index in [9.17, 15) is 23.4 Å². The number of Topliss-reactive ketones (excluding diaryl/α,β-unsaturated/α-hetero) is 1. The monoisotopic (exact) mass is 630 g/mol. The number of rotatable bonds is 9. The minimum Gasteiger partial charge on any atom is -0.505 e. The van der Waals surface area contributed by atoms with Gasteiger partial charge in [-0.3, -0.25) is 14.5 Å². The number of hydrogen-bond donors (Lipinski definition) is 3. The first kappa shape index (κ1) is 31.1. The number of nitrogens with zero attached hydrogens (tertiary/aromatic N) is 3. The Morgan fingerprint density at radius 3 is 2.10 bits per heavy atom. The van der Waals surface area contributed by atoms with Crippen LogP contribution in [0.25, 0.3) is 11.0 Å². The summed E-state index contributed by atoms with van der Waals surface area (Å²) in [6.07, 6.45) is 0.983. The van der Waals surface area contributed by atoms with Crippen molar-refractivity contribution in [3.05, 3.63) is 89.0 Å². The second-order valence-electron chi connectivity index (χ2n) is 10.6. The van der Waals surface area contributed by atoms with Crippen LogP contribution in [-0.4, -0.2) is 53.0 Å². The van der Waals surface area contributed by atoms with Crippen molar-refractivity contribution in [3.63, 3.8) is 0 Å². The molecule has 0 atom stereocenters. The average Bonchev–Trinajstić information content (AvgIpc) is 3.13. The Labute approximate surface area is 244 Å². The standard InChI is InChI=1S/C29H34N4O5S.BrH/c1-29(2,3)22-16-21(17-25(27(22)36)33(14-15-34)39(4,37)38)26(35)19-32-24-13-9-8-12-23(24)31(28(32)30)18-20-10-6-5-7-11-20;/h5-13,16-17,30,34,36H,14-15,18-19H2,1-4H3;1H. The number of carbonyl (C=O) groups excluding carboxylic acids is 1. The summed E-state index contributed by atoms with van der Waals surface area (Å²) in [5.74, 6) is -0.605. The van der Waals surface area contributed by atoms with Gasteiger partial charge in [0, 0.05) is 11.1 Å². The molecule has 0 aliphatic carbocycles. The van der Waals surface area contributed by atoms with E-state index in [4.69, 9.17) is 5.41 Å². The molecule has 11 heteroatoms. The van der Waals surface area contributed by atoms with Gasteiger partial charge in [-0.05, 0) is 35.2 Å². The summed E-state index contributed by atoms with van der Waals surface area (Å²) < 4.78 is 29.5. The quantitative estimate of drug-likeness (QED) is 0.239. The van der Waals surface area contributed by atoms with Crippen LogP contribution in [0.2, 0.25) is 0 Å². The van der Waals surface area contributed by atoms with Crippen LogP contribution in [0.4, 0.5) is 5.69 Å². The largest absolute Gasteiger partial charge is 0.505 e. The molecule has 1 heterocycles. The fourth-order valence-corrected chi connectivity index (χ4v) is 5.62. The summed E-state index contributed by atoms with van der Waals surface area (Å²) in [6, 6.07) is 20.2. The Morgan fingerprint density at radius 1 is 0.975 bits per heavy atom. The van der Waals surface area contributed by atoms with E-state index in [2.05, 4.69) is 0 Å². The van der Waals surface area contributed by atoms with Crippen LogP contribution in [0.15, 0.2) is 66.7 Å². The van der Waals surface area contributed by atoms with Crippen LogP contribution in [-0.2, 0) is 28.5 Å². The molecule has 0 aliphatic heterocycles. The highest BCUT2D eigenvalue weighted by Crippen LogP contribution is 2.40. The molecule has 3 aromatic carbocycles. The number of sulfonamides is 1. The molecule has 0 amide bonds. The molecule has 0 aliphatic rings. The molecule has 4 rings (SSSR count). The predicted octanol–water partition coefficient (Wildman–Crippen LogP) is 4.19. The van der Waals surface area contributed by atoms with Gasteiger partial charge >= 0.3 is 0 Å². The summed E-state index contributed by atoms with van der Waals surface area (Å²) in [5, 5.41) is 29.5. The first-order valence-electron chi connectivity index (χ1n) is 12.6. The van der Waals surface area contributed by atoms with E-state index >= 15 is 0 Å². The minimum absolute atomic E-state index is 0. The molecule has 214 valence electrons. The van der Waals surface area contributed by atoms with E-state index in [0.29, 0.717) is 12.1 Å². The van der Waals surface area contributed by atoms with Gasteiger partial charge in [0.2, 0.25) is 15.6 Å². The van der Waals surface area contributed by atoms with Gasteiger partial charge in [-0.2, -0.15) is 0 Å². The molecule has 0 fully saturated rings. The number of phenolic OH excluding ortho intramolecular Hbond substituents is 1. The van der Waals surface area contributed by atoms with Crippen LogP contribution in [0.1, 0.15) is 42.3 Å². The van der Waals surface area contributed by atoms with Gasteiger partial charge in [-0.25, -0.2) is 8.42 Å². The topological polar surface area (TPSA) is 129 Å². The number of benzene rings is 3. The third kappa shape index (κ3) is 6.32. The lowest BCUT2D eigenvalue weighted by atomic mass is 9.84. The van der Waals surface area contributed by atoms with Crippen LogP contribution in [0.3, 0.4) is 0 Å². The molecular weight excluding hydrogens is 596 g/mol. The number of aromatic nitrogens is 2. The van der Waals surface area contributed by atoms with Crippen molar-refractivity contribution < 1.29 is 23.4 Å². The predicted molar refractivity (Wildman–Crippen MR) is 162 cm³/mol. The van der Waals surface area contributed by atoms with Crippen molar-refractivity contribution in [3.8, 4) is 5.75 Å². The number of halogens is 1. The van der Waals surface area contributed by atoms with Crippen molar-refractivity contribution in [2.24, 2.45) is 0 Å². The Morgan fingerprint density at radius 2 is 1.55 bits per heavy atom. The lowest BCUT2D eigenvalue weighted by Crippen LogP contribution is -2.33. The lowest BCUT2D eigenvalue weighted by molar-refractivity contribution is 0.0971. The van der Waals surface area contributed by atoms with Gasteiger partial charge in [0.1, 0.15) is 5.75 Å². The number of aliphatic hydroxyl groups excluding tert-OH is 1. The van der Waals surface area contributed by atoms with Crippen molar-refractivity contribution in [2.45, 2.75) is 39.3 Å². The molecular formula is C29H35BrN4O5S. The number of aliphatic hydroxyl groups is 1. The van der Waals surface area contributed by atoms with E-state index in [0.717, 1.165) is 27.2 Å². The zero-order valence-electron chi connectivity index (χ0n) is 23.0. The first-order chi connectivity index (χ1) is 18.3. The fraction of sp³-hybridized carbons (Fsp3) is 0.310. The molecule has 40 heavy (non-hydrogen) atoms. The average molecular weight is 632 g/mol. The van der Waals surface area contributed by atoms with Crippen molar-refractivity contribution >= 4 is 49.5 Å². The zero-order valence-corrected chi connectivity index (χ0v) is 25.5. The van der Waals surface area contributed by atoms with Gasteiger partial charge in [0.05, 0.1) is 49.2 Å². The third-order valence-corrected chi connectivity index (χ3v) is 7.83. The number of aromatic hydroxyl groups is 1. The number of para-hydroxylation sites is 2. The number of hydrogen-bond acceptors (Lipinski definition) is 6. The number of anilines is 1. The van der Waals surface area contributed by atoms with E-state index in [-0.39, 0.29) is 58.5 Å². The normalized spacial score (nSPS) is 11.8. The molecule has 0 radical (unpaired) electrons. The minimum atomic E-state index is -3.86. The van der Waals surface area contributed by atoms with E-state index in [1.807, 2.05) is 79.9 Å². The Balaban J connectivity index is 0.00000441.